The molecule has 25 heavy (non-hydrogen) atoms. The number of benzene rings is 1. The van der Waals surface area contributed by atoms with Crippen molar-refractivity contribution in [2.75, 3.05) is 12.8 Å². The first kappa shape index (κ1) is 18.0. The smallest absolute Gasteiger partial charge is 0.226 e. The van der Waals surface area contributed by atoms with Crippen LogP contribution in [0.2, 0.25) is 0 Å². The Morgan fingerprint density at radius 1 is 1.28 bits per heavy atom. The van der Waals surface area contributed by atoms with Crippen LogP contribution in [0.15, 0.2) is 33.9 Å². The highest BCUT2D eigenvalue weighted by molar-refractivity contribution is 7.98. The fourth-order valence-corrected chi connectivity index (χ4v) is 3.23. The van der Waals surface area contributed by atoms with Gasteiger partial charge in [-0.3, -0.25) is 4.72 Å². The van der Waals surface area contributed by atoms with Crippen molar-refractivity contribution in [2.24, 2.45) is 0 Å². The standard InChI is InChI=1S/C16H20N6OS2/c1-11-5-3-6-12(9-11)15-19-16(21-20-15)25-10-13-18-14(23-22-13)7-4-8-17-24-2/h3,5-6,9,17H,4,7-8,10H2,1-2H3,(H,19,20,21). The third-order valence-electron chi connectivity index (χ3n) is 3.42. The van der Waals surface area contributed by atoms with Crippen LogP contribution in [0, 0.1) is 6.92 Å². The third kappa shape index (κ3) is 5.32. The summed E-state index contributed by atoms with van der Waals surface area (Å²) in [5.41, 5.74) is 2.22. The summed E-state index contributed by atoms with van der Waals surface area (Å²) in [6.45, 7) is 2.98. The zero-order chi connectivity index (χ0) is 17.5. The maximum atomic E-state index is 5.27. The van der Waals surface area contributed by atoms with Crippen molar-refractivity contribution in [3.05, 3.63) is 41.5 Å². The number of nitrogens with zero attached hydrogens (tertiary/aromatic N) is 4. The Bertz CT molecular complexity index is 803. The largest absolute Gasteiger partial charge is 0.339 e. The van der Waals surface area contributed by atoms with Crippen LogP contribution < -0.4 is 4.72 Å². The summed E-state index contributed by atoms with van der Waals surface area (Å²) in [7, 11) is 0. The molecule has 0 radical (unpaired) electrons. The van der Waals surface area contributed by atoms with Gasteiger partial charge in [-0.1, -0.05) is 52.6 Å². The van der Waals surface area contributed by atoms with Gasteiger partial charge in [0, 0.05) is 18.5 Å². The number of aromatic amines is 1. The lowest BCUT2D eigenvalue weighted by Crippen LogP contribution is -2.05. The summed E-state index contributed by atoms with van der Waals surface area (Å²) >= 11 is 3.12. The first-order valence-electron chi connectivity index (χ1n) is 7.94. The van der Waals surface area contributed by atoms with Gasteiger partial charge >= 0.3 is 0 Å². The molecule has 0 amide bonds. The minimum absolute atomic E-state index is 0.592. The van der Waals surface area contributed by atoms with Gasteiger partial charge in [0.25, 0.3) is 0 Å². The third-order valence-corrected chi connectivity index (χ3v) is 4.77. The molecule has 0 unspecified atom stereocenters. The van der Waals surface area contributed by atoms with E-state index in [1.54, 1.807) is 11.9 Å². The Balaban J connectivity index is 1.52. The number of rotatable bonds is 9. The Hall–Kier alpha value is -1.84. The highest BCUT2D eigenvalue weighted by atomic mass is 32.2. The fraction of sp³-hybridized carbons (Fsp3) is 0.375. The van der Waals surface area contributed by atoms with E-state index in [4.69, 9.17) is 4.52 Å². The number of aryl methyl sites for hydroxylation is 2. The first-order valence-corrected chi connectivity index (χ1v) is 10.2. The summed E-state index contributed by atoms with van der Waals surface area (Å²) in [6.07, 6.45) is 3.76. The van der Waals surface area contributed by atoms with Crippen LogP contribution >= 0.6 is 23.7 Å². The van der Waals surface area contributed by atoms with Crippen LogP contribution in [-0.4, -0.2) is 38.1 Å². The van der Waals surface area contributed by atoms with Gasteiger partial charge in [0.1, 0.15) is 0 Å². The van der Waals surface area contributed by atoms with Gasteiger partial charge in [-0.05, 0) is 25.7 Å². The Morgan fingerprint density at radius 2 is 2.20 bits per heavy atom. The lowest BCUT2D eigenvalue weighted by Gasteiger charge is -1.97. The van der Waals surface area contributed by atoms with E-state index in [2.05, 4.69) is 49.1 Å². The normalized spacial score (nSPS) is 11.1. The van der Waals surface area contributed by atoms with Crippen LogP contribution in [0.4, 0.5) is 0 Å². The zero-order valence-electron chi connectivity index (χ0n) is 14.2. The molecular weight excluding hydrogens is 356 g/mol. The van der Waals surface area contributed by atoms with Gasteiger partial charge in [0.2, 0.25) is 5.89 Å². The van der Waals surface area contributed by atoms with Crippen molar-refractivity contribution in [3.63, 3.8) is 0 Å². The lowest BCUT2D eigenvalue weighted by atomic mass is 10.1. The van der Waals surface area contributed by atoms with Crippen LogP contribution in [0.25, 0.3) is 11.4 Å². The molecule has 0 spiro atoms. The molecule has 0 bridgehead atoms. The van der Waals surface area contributed by atoms with Gasteiger partial charge in [-0.25, -0.2) is 0 Å². The Kier molecular flexibility index (Phi) is 6.48. The van der Waals surface area contributed by atoms with Gasteiger partial charge < -0.3 is 9.51 Å². The Labute approximate surface area is 154 Å². The molecule has 0 aliphatic rings. The molecule has 2 N–H and O–H groups in total. The summed E-state index contributed by atoms with van der Waals surface area (Å²) in [5, 5.41) is 13.1. The van der Waals surface area contributed by atoms with Crippen molar-refractivity contribution in [3.8, 4) is 11.4 Å². The molecule has 3 aromatic rings. The van der Waals surface area contributed by atoms with Crippen LogP contribution in [-0.2, 0) is 12.2 Å². The molecule has 2 aromatic heterocycles. The monoisotopic (exact) mass is 376 g/mol. The van der Waals surface area contributed by atoms with Gasteiger partial charge in [0.05, 0.1) is 5.75 Å². The molecule has 132 valence electrons. The molecule has 9 heteroatoms. The number of nitrogens with one attached hydrogen (secondary N) is 2. The summed E-state index contributed by atoms with van der Waals surface area (Å²) in [5.74, 6) is 2.71. The molecule has 2 heterocycles. The van der Waals surface area contributed by atoms with E-state index in [-0.39, 0.29) is 0 Å². The number of hydrogen-bond acceptors (Lipinski definition) is 8. The second-order valence-corrected chi connectivity index (χ2v) is 7.10. The minimum atomic E-state index is 0.592. The minimum Gasteiger partial charge on any atom is -0.339 e. The van der Waals surface area contributed by atoms with Crippen molar-refractivity contribution in [1.82, 2.24) is 30.0 Å². The number of H-pyrrole nitrogens is 1. The van der Waals surface area contributed by atoms with Gasteiger partial charge in [-0.2, -0.15) is 4.98 Å². The van der Waals surface area contributed by atoms with Crippen molar-refractivity contribution in [2.45, 2.75) is 30.7 Å². The van der Waals surface area contributed by atoms with Gasteiger partial charge in [-0.15, -0.1) is 10.2 Å². The van der Waals surface area contributed by atoms with Gasteiger partial charge in [0.15, 0.2) is 16.8 Å². The molecule has 3 rings (SSSR count). The van der Waals surface area contributed by atoms with E-state index in [1.807, 2.05) is 18.4 Å². The quantitative estimate of drug-likeness (QED) is 0.334. The molecule has 0 aliphatic carbocycles. The topological polar surface area (TPSA) is 92.5 Å². The predicted octanol–water partition coefficient (Wildman–Crippen LogP) is 3.26. The van der Waals surface area contributed by atoms with E-state index in [1.165, 1.54) is 17.3 Å². The van der Waals surface area contributed by atoms with E-state index in [9.17, 15) is 0 Å². The molecule has 0 fully saturated rings. The second-order valence-electron chi connectivity index (χ2n) is 5.44. The zero-order valence-corrected chi connectivity index (χ0v) is 15.8. The molecule has 7 nitrogen and oxygen atoms in total. The van der Waals surface area contributed by atoms with E-state index < -0.39 is 0 Å². The fourth-order valence-electron chi connectivity index (χ4n) is 2.23. The molecule has 0 saturated carbocycles. The second kappa shape index (κ2) is 9.02. The number of thioether (sulfide) groups is 1. The van der Waals surface area contributed by atoms with E-state index in [0.29, 0.717) is 17.5 Å². The van der Waals surface area contributed by atoms with Crippen molar-refractivity contribution in [1.29, 1.82) is 0 Å². The number of hydrogen-bond donors (Lipinski definition) is 2. The van der Waals surface area contributed by atoms with Crippen LogP contribution in [0.5, 0.6) is 0 Å². The average Bonchev–Trinajstić information content (AvgIpc) is 3.26. The van der Waals surface area contributed by atoms with Crippen LogP contribution in [0.1, 0.15) is 23.7 Å². The predicted molar refractivity (Wildman–Crippen MR) is 100 cm³/mol. The molecule has 0 atom stereocenters. The summed E-state index contributed by atoms with van der Waals surface area (Å²) in [6, 6.07) is 8.15. The molecule has 0 saturated heterocycles. The first-order chi connectivity index (χ1) is 12.2. The maximum absolute atomic E-state index is 5.27. The van der Waals surface area contributed by atoms with Crippen LogP contribution in [0.3, 0.4) is 0 Å². The highest BCUT2D eigenvalue weighted by Gasteiger charge is 2.10. The van der Waals surface area contributed by atoms with Crippen molar-refractivity contribution >= 4 is 23.7 Å². The molecule has 0 aliphatic heterocycles. The van der Waals surface area contributed by atoms with Crippen molar-refractivity contribution < 1.29 is 4.52 Å². The average molecular weight is 377 g/mol. The van der Waals surface area contributed by atoms with E-state index >= 15 is 0 Å². The SMILES string of the molecule is CSNCCCc1nc(CSc2nnc(-c3cccc(C)c3)[nH]2)no1. The Morgan fingerprint density at radius 3 is 3.04 bits per heavy atom. The molecular formula is C16H20N6OS2. The number of aromatic nitrogens is 5. The summed E-state index contributed by atoms with van der Waals surface area (Å²) < 4.78 is 8.46. The lowest BCUT2D eigenvalue weighted by molar-refractivity contribution is 0.372. The summed E-state index contributed by atoms with van der Waals surface area (Å²) in [4.78, 5) is 7.63. The highest BCUT2D eigenvalue weighted by Crippen LogP contribution is 2.22. The maximum Gasteiger partial charge on any atom is 0.226 e. The van der Waals surface area contributed by atoms with E-state index in [0.717, 1.165) is 35.9 Å². The molecule has 1 aromatic carbocycles.